The molecule has 0 aliphatic carbocycles. The van der Waals surface area contributed by atoms with Gasteiger partial charge in [0.05, 0.1) is 29.5 Å². The molecule has 2 aromatic heterocycles. The van der Waals surface area contributed by atoms with E-state index in [1.807, 2.05) is 6.92 Å². The number of carbonyl (C=O) groups is 1. The third-order valence-corrected chi connectivity index (χ3v) is 6.54. The molecule has 0 saturated carbocycles. The Hall–Kier alpha value is -2.58. The Bertz CT molecular complexity index is 1080. The van der Waals surface area contributed by atoms with Crippen molar-refractivity contribution >= 4 is 50.6 Å². The average Bonchev–Trinajstić information content (AvgIpc) is 3.37. The van der Waals surface area contributed by atoms with Crippen molar-refractivity contribution in [2.45, 2.75) is 19.8 Å². The Morgan fingerprint density at radius 2 is 1.97 bits per heavy atom. The van der Waals surface area contributed by atoms with Crippen LogP contribution in [0.3, 0.4) is 0 Å². The summed E-state index contributed by atoms with van der Waals surface area (Å²) in [4.78, 5) is 25.6. The van der Waals surface area contributed by atoms with Gasteiger partial charge in [-0.05, 0) is 25.3 Å². The van der Waals surface area contributed by atoms with Gasteiger partial charge in [-0.15, -0.1) is 11.3 Å². The minimum atomic E-state index is -0.261. The van der Waals surface area contributed by atoms with Crippen molar-refractivity contribution in [2.75, 3.05) is 37.5 Å². The predicted octanol–water partition coefficient (Wildman–Crippen LogP) is 4.52. The van der Waals surface area contributed by atoms with Crippen LogP contribution >= 0.6 is 22.9 Å². The zero-order valence-corrected chi connectivity index (χ0v) is 18.0. The number of rotatable bonds is 5. The minimum Gasteiger partial charge on any atom is -0.497 e. The van der Waals surface area contributed by atoms with Crippen molar-refractivity contribution in [2.24, 2.45) is 0 Å². The predicted molar refractivity (Wildman–Crippen MR) is 116 cm³/mol. The lowest BCUT2D eigenvalue weighted by Crippen LogP contribution is -2.19. The Kier molecular flexibility index (Phi) is 5.47. The molecule has 1 amide bonds. The van der Waals surface area contributed by atoms with Gasteiger partial charge in [0.25, 0.3) is 5.91 Å². The van der Waals surface area contributed by atoms with Gasteiger partial charge >= 0.3 is 0 Å². The van der Waals surface area contributed by atoms with Crippen LogP contribution in [0.2, 0.25) is 5.02 Å². The van der Waals surface area contributed by atoms with E-state index >= 15 is 0 Å². The van der Waals surface area contributed by atoms with E-state index in [0.717, 1.165) is 47.5 Å². The number of halogens is 1. The number of ether oxygens (including phenoxy) is 2. The molecule has 0 radical (unpaired) electrons. The number of hydrogen-bond donors (Lipinski definition) is 1. The van der Waals surface area contributed by atoms with Gasteiger partial charge in [0, 0.05) is 25.2 Å². The molecule has 152 valence electrons. The summed E-state index contributed by atoms with van der Waals surface area (Å²) in [5.41, 5.74) is 1.27. The van der Waals surface area contributed by atoms with Crippen molar-refractivity contribution in [3.05, 3.63) is 33.9 Å². The second kappa shape index (κ2) is 8.04. The number of fused-ring (bicyclic) bond motifs is 1. The fourth-order valence-electron chi connectivity index (χ4n) is 3.57. The van der Waals surface area contributed by atoms with Crippen LogP contribution in [0.15, 0.2) is 18.5 Å². The first kappa shape index (κ1) is 19.7. The zero-order chi connectivity index (χ0) is 20.5. The van der Waals surface area contributed by atoms with Gasteiger partial charge in [-0.1, -0.05) is 11.6 Å². The van der Waals surface area contributed by atoms with Crippen molar-refractivity contribution in [1.82, 2.24) is 9.97 Å². The summed E-state index contributed by atoms with van der Waals surface area (Å²) in [5.74, 6) is 1.62. The lowest BCUT2D eigenvalue weighted by Gasteiger charge is -2.17. The summed E-state index contributed by atoms with van der Waals surface area (Å²) >= 11 is 7.71. The number of aromatic nitrogens is 2. The first-order valence-corrected chi connectivity index (χ1v) is 10.4. The van der Waals surface area contributed by atoms with Crippen molar-refractivity contribution in [1.29, 1.82) is 0 Å². The quantitative estimate of drug-likeness (QED) is 0.638. The number of nitrogens with zero attached hydrogens (tertiary/aromatic N) is 3. The van der Waals surface area contributed by atoms with E-state index < -0.39 is 0 Å². The van der Waals surface area contributed by atoms with Gasteiger partial charge in [0.1, 0.15) is 34.2 Å². The van der Waals surface area contributed by atoms with Crippen LogP contribution in [-0.4, -0.2) is 43.2 Å². The Balaban J connectivity index is 1.72. The standard InChI is InChI=1S/C20H21ClN4O3S/c1-11-15-18(25-6-4-5-7-25)22-10-23-20(15)29-17(11)19(26)24-16-13(21)8-12(27-2)9-14(16)28-3/h8-10H,4-7H2,1-3H3,(H,24,26). The molecule has 29 heavy (non-hydrogen) atoms. The minimum absolute atomic E-state index is 0.261. The Morgan fingerprint density at radius 3 is 2.66 bits per heavy atom. The maximum atomic E-state index is 13.1. The number of hydrogen-bond acceptors (Lipinski definition) is 7. The topological polar surface area (TPSA) is 76.6 Å². The third kappa shape index (κ3) is 3.58. The fourth-order valence-corrected chi connectivity index (χ4v) is 4.85. The van der Waals surface area contributed by atoms with Crippen LogP contribution in [-0.2, 0) is 0 Å². The molecule has 3 aromatic rings. The molecule has 0 atom stereocenters. The molecule has 1 saturated heterocycles. The molecule has 1 fully saturated rings. The molecule has 1 aliphatic rings. The maximum Gasteiger partial charge on any atom is 0.266 e. The molecule has 3 heterocycles. The van der Waals surface area contributed by atoms with Crippen LogP contribution in [0, 0.1) is 6.92 Å². The highest BCUT2D eigenvalue weighted by molar-refractivity contribution is 7.20. The molecule has 0 unspecified atom stereocenters. The number of nitrogens with one attached hydrogen (secondary N) is 1. The van der Waals surface area contributed by atoms with Gasteiger partial charge in [-0.25, -0.2) is 9.97 Å². The number of carbonyl (C=O) groups excluding carboxylic acids is 1. The number of amides is 1. The number of thiophene rings is 1. The molecule has 7 nitrogen and oxygen atoms in total. The smallest absolute Gasteiger partial charge is 0.266 e. The first-order valence-electron chi connectivity index (χ1n) is 9.25. The highest BCUT2D eigenvalue weighted by Crippen LogP contribution is 2.39. The van der Waals surface area contributed by atoms with Crippen molar-refractivity contribution in [3.63, 3.8) is 0 Å². The van der Waals surface area contributed by atoms with Gasteiger partial charge in [-0.2, -0.15) is 0 Å². The SMILES string of the molecule is COc1cc(Cl)c(NC(=O)c2sc3ncnc(N4CCCC4)c3c2C)c(OC)c1. The molecule has 1 N–H and O–H groups in total. The molecule has 0 bridgehead atoms. The molecule has 9 heteroatoms. The second-order valence-corrected chi connectivity index (χ2v) is 8.17. The summed E-state index contributed by atoms with van der Waals surface area (Å²) in [7, 11) is 3.06. The highest BCUT2D eigenvalue weighted by atomic mass is 35.5. The van der Waals surface area contributed by atoms with Gasteiger partial charge in [-0.3, -0.25) is 4.79 Å². The highest BCUT2D eigenvalue weighted by Gasteiger charge is 2.24. The van der Waals surface area contributed by atoms with Gasteiger partial charge in [0.15, 0.2) is 0 Å². The fraction of sp³-hybridized carbons (Fsp3) is 0.350. The van der Waals surface area contributed by atoms with Crippen molar-refractivity contribution in [3.8, 4) is 11.5 Å². The van der Waals surface area contributed by atoms with Crippen molar-refractivity contribution < 1.29 is 14.3 Å². The normalized spacial score (nSPS) is 13.7. The maximum absolute atomic E-state index is 13.1. The van der Waals surface area contributed by atoms with E-state index in [1.54, 1.807) is 25.6 Å². The summed E-state index contributed by atoms with van der Waals surface area (Å²) in [6.07, 6.45) is 3.87. The second-order valence-electron chi connectivity index (χ2n) is 6.77. The van der Waals surface area contributed by atoms with Gasteiger partial charge in [0.2, 0.25) is 0 Å². The first-order chi connectivity index (χ1) is 14.0. The van der Waals surface area contributed by atoms with Crippen LogP contribution in [0.5, 0.6) is 11.5 Å². The van der Waals surface area contributed by atoms with Gasteiger partial charge < -0.3 is 19.7 Å². The molecule has 1 aliphatic heterocycles. The third-order valence-electron chi connectivity index (χ3n) is 5.04. The summed E-state index contributed by atoms with van der Waals surface area (Å²) in [5, 5.41) is 4.17. The van der Waals surface area contributed by atoms with E-state index in [4.69, 9.17) is 21.1 Å². The Morgan fingerprint density at radius 1 is 1.21 bits per heavy atom. The van der Waals surface area contributed by atoms with E-state index in [9.17, 15) is 4.79 Å². The van der Waals surface area contributed by atoms with Crippen LogP contribution < -0.4 is 19.7 Å². The Labute approximate surface area is 177 Å². The van der Waals surface area contributed by atoms with E-state index in [1.165, 1.54) is 18.4 Å². The summed E-state index contributed by atoms with van der Waals surface area (Å²) in [6.45, 7) is 3.88. The molecular formula is C20H21ClN4O3S. The summed E-state index contributed by atoms with van der Waals surface area (Å²) < 4.78 is 10.6. The molecule has 1 aromatic carbocycles. The zero-order valence-electron chi connectivity index (χ0n) is 16.4. The monoisotopic (exact) mass is 432 g/mol. The number of methoxy groups -OCH3 is 2. The van der Waals surface area contributed by atoms with Crippen LogP contribution in [0.25, 0.3) is 10.2 Å². The largest absolute Gasteiger partial charge is 0.497 e. The number of anilines is 2. The lowest BCUT2D eigenvalue weighted by atomic mass is 10.2. The lowest BCUT2D eigenvalue weighted by molar-refractivity contribution is 0.102. The van der Waals surface area contributed by atoms with Crippen LogP contribution in [0.1, 0.15) is 28.1 Å². The summed E-state index contributed by atoms with van der Waals surface area (Å²) in [6, 6.07) is 3.31. The molecule has 0 spiro atoms. The van der Waals surface area contributed by atoms with E-state index in [0.29, 0.717) is 27.1 Å². The molecular weight excluding hydrogens is 412 g/mol. The number of benzene rings is 1. The van der Waals surface area contributed by atoms with E-state index in [2.05, 4.69) is 20.2 Å². The average molecular weight is 433 g/mol. The molecule has 4 rings (SSSR count). The number of aryl methyl sites for hydroxylation is 1. The van der Waals surface area contributed by atoms with E-state index in [-0.39, 0.29) is 5.91 Å². The van der Waals surface area contributed by atoms with Crippen LogP contribution in [0.4, 0.5) is 11.5 Å².